The zero-order valence-corrected chi connectivity index (χ0v) is 14.6. The molecular formula is C18H17F3N4O2. The van der Waals surface area contributed by atoms with E-state index in [9.17, 15) is 22.8 Å². The Labute approximate surface area is 153 Å². The molecule has 0 aliphatic carbocycles. The van der Waals surface area contributed by atoms with Crippen LogP contribution in [0, 0.1) is 0 Å². The van der Waals surface area contributed by atoms with Gasteiger partial charge < -0.3 is 10.6 Å². The maximum absolute atomic E-state index is 12.8. The molecule has 0 saturated heterocycles. The number of aromatic nitrogens is 2. The fourth-order valence-electron chi connectivity index (χ4n) is 2.16. The van der Waals surface area contributed by atoms with E-state index in [2.05, 4.69) is 27.2 Å². The monoisotopic (exact) mass is 378 g/mol. The van der Waals surface area contributed by atoms with E-state index in [4.69, 9.17) is 0 Å². The summed E-state index contributed by atoms with van der Waals surface area (Å²) in [7, 11) is 0. The quantitative estimate of drug-likeness (QED) is 0.782. The van der Waals surface area contributed by atoms with Crippen LogP contribution in [0.2, 0.25) is 0 Å². The van der Waals surface area contributed by atoms with Crippen LogP contribution in [0.1, 0.15) is 35.7 Å². The summed E-state index contributed by atoms with van der Waals surface area (Å²) >= 11 is 0. The van der Waals surface area contributed by atoms with Crippen molar-refractivity contribution in [3.63, 3.8) is 0 Å². The zero-order valence-electron chi connectivity index (χ0n) is 14.6. The molecule has 1 aromatic heterocycles. The Kier molecular flexibility index (Phi) is 5.63. The van der Waals surface area contributed by atoms with Crippen LogP contribution in [-0.2, 0) is 16.5 Å². The van der Waals surface area contributed by atoms with Gasteiger partial charge in [0.1, 0.15) is 5.69 Å². The molecule has 142 valence electrons. The number of hydrogen-bond acceptors (Lipinski definition) is 4. The van der Waals surface area contributed by atoms with E-state index in [1.807, 2.05) is 0 Å². The fourth-order valence-corrected chi connectivity index (χ4v) is 2.16. The maximum Gasteiger partial charge on any atom is 0.433 e. The number of anilines is 1. The fraction of sp³-hybridized carbons (Fsp3) is 0.222. The molecule has 2 N–H and O–H groups in total. The van der Waals surface area contributed by atoms with Gasteiger partial charge in [0.05, 0.1) is 5.54 Å². The van der Waals surface area contributed by atoms with Gasteiger partial charge in [-0.25, -0.2) is 9.97 Å². The van der Waals surface area contributed by atoms with Crippen molar-refractivity contribution in [3.8, 4) is 0 Å². The Morgan fingerprint density at radius 2 is 1.89 bits per heavy atom. The van der Waals surface area contributed by atoms with E-state index in [0.717, 1.165) is 18.3 Å². The molecule has 1 heterocycles. The van der Waals surface area contributed by atoms with E-state index in [0.29, 0.717) is 5.69 Å². The summed E-state index contributed by atoms with van der Waals surface area (Å²) < 4.78 is 38.5. The number of hydrogen-bond donors (Lipinski definition) is 2. The lowest BCUT2D eigenvalue weighted by atomic mass is 10.0. The van der Waals surface area contributed by atoms with E-state index in [-0.39, 0.29) is 11.4 Å². The molecule has 0 atom stereocenters. The molecule has 0 fully saturated rings. The molecule has 0 aliphatic rings. The van der Waals surface area contributed by atoms with Crippen molar-refractivity contribution in [1.29, 1.82) is 0 Å². The Hall–Kier alpha value is -3.23. The van der Waals surface area contributed by atoms with Crippen LogP contribution in [0.15, 0.2) is 49.2 Å². The molecule has 2 aromatic rings. The Morgan fingerprint density at radius 3 is 2.52 bits per heavy atom. The number of nitrogens with one attached hydrogen (secondary N) is 2. The average Bonchev–Trinajstić information content (AvgIpc) is 2.61. The second-order valence-electron chi connectivity index (χ2n) is 6.12. The molecule has 2 rings (SSSR count). The van der Waals surface area contributed by atoms with Gasteiger partial charge in [-0.2, -0.15) is 13.2 Å². The lowest BCUT2D eigenvalue weighted by molar-refractivity contribution is -0.141. The summed E-state index contributed by atoms with van der Waals surface area (Å²) in [6, 6.07) is 6.83. The van der Waals surface area contributed by atoms with Crippen molar-refractivity contribution in [3.05, 3.63) is 66.3 Å². The predicted octanol–water partition coefficient (Wildman–Crippen LogP) is 3.29. The van der Waals surface area contributed by atoms with Gasteiger partial charge in [0, 0.05) is 17.4 Å². The summed E-state index contributed by atoms with van der Waals surface area (Å²) in [5, 5.41) is 5.12. The smallest absolute Gasteiger partial charge is 0.340 e. The number of benzene rings is 1. The molecule has 27 heavy (non-hydrogen) atoms. The molecule has 0 unspecified atom stereocenters. The van der Waals surface area contributed by atoms with Gasteiger partial charge in [-0.05, 0) is 44.2 Å². The minimum Gasteiger partial charge on any atom is -0.340 e. The molecule has 0 aliphatic heterocycles. The minimum atomic E-state index is -4.62. The van der Waals surface area contributed by atoms with Gasteiger partial charge in [-0.3, -0.25) is 9.59 Å². The average molecular weight is 378 g/mol. The van der Waals surface area contributed by atoms with Crippen molar-refractivity contribution in [2.24, 2.45) is 0 Å². The highest BCUT2D eigenvalue weighted by Crippen LogP contribution is 2.28. The van der Waals surface area contributed by atoms with E-state index in [1.54, 1.807) is 12.1 Å². The van der Waals surface area contributed by atoms with E-state index < -0.39 is 29.2 Å². The lowest BCUT2D eigenvalue weighted by Gasteiger charge is -2.25. The molecule has 0 bridgehead atoms. The highest BCUT2D eigenvalue weighted by atomic mass is 19.4. The van der Waals surface area contributed by atoms with Crippen molar-refractivity contribution in [2.75, 3.05) is 5.32 Å². The molecule has 1 aromatic carbocycles. The zero-order chi connectivity index (χ0) is 20.2. The summed E-state index contributed by atoms with van der Waals surface area (Å²) in [4.78, 5) is 31.2. The van der Waals surface area contributed by atoms with E-state index >= 15 is 0 Å². The van der Waals surface area contributed by atoms with Crippen LogP contribution in [0.25, 0.3) is 0 Å². The molecule has 0 radical (unpaired) electrons. The number of nitrogens with zero attached hydrogens (tertiary/aromatic N) is 2. The van der Waals surface area contributed by atoms with Crippen molar-refractivity contribution in [2.45, 2.75) is 25.6 Å². The maximum atomic E-state index is 12.8. The van der Waals surface area contributed by atoms with Crippen molar-refractivity contribution >= 4 is 17.5 Å². The van der Waals surface area contributed by atoms with Crippen molar-refractivity contribution in [1.82, 2.24) is 15.3 Å². The summed E-state index contributed by atoms with van der Waals surface area (Å²) in [6.07, 6.45) is -2.54. The Balaban J connectivity index is 2.23. The molecular weight excluding hydrogens is 361 g/mol. The third kappa shape index (κ3) is 5.13. The summed E-state index contributed by atoms with van der Waals surface area (Å²) in [5.41, 5.74) is -1.78. The summed E-state index contributed by atoms with van der Waals surface area (Å²) in [6.45, 7) is 6.31. The van der Waals surface area contributed by atoms with Crippen LogP contribution in [0.4, 0.5) is 18.9 Å². The normalized spacial score (nSPS) is 11.6. The standard InChI is InChI=1S/C18H17F3N4O2/c1-4-14(26)23-12-7-5-6-11(10-12)15(27)25-17(2,3)16-22-9-8-13(24-16)18(19,20)21/h4-10H,1H2,2-3H3,(H,23,26)(H,25,27). The second-order valence-corrected chi connectivity index (χ2v) is 6.12. The molecule has 0 saturated carbocycles. The summed E-state index contributed by atoms with van der Waals surface area (Å²) in [5.74, 6) is -1.18. The van der Waals surface area contributed by atoms with Crippen LogP contribution < -0.4 is 10.6 Å². The van der Waals surface area contributed by atoms with Gasteiger partial charge in [-0.1, -0.05) is 12.6 Å². The first-order valence-electron chi connectivity index (χ1n) is 7.79. The number of carbonyl (C=O) groups is 2. The second kappa shape index (κ2) is 7.56. The first-order chi connectivity index (χ1) is 12.5. The number of rotatable bonds is 5. The SMILES string of the molecule is C=CC(=O)Nc1cccc(C(=O)NC(C)(C)c2nccc(C(F)(F)F)n2)c1. The third-order valence-corrected chi connectivity index (χ3v) is 3.51. The predicted molar refractivity (Wildman–Crippen MR) is 92.8 cm³/mol. The minimum absolute atomic E-state index is 0.179. The van der Waals surface area contributed by atoms with Gasteiger partial charge in [0.15, 0.2) is 5.82 Å². The van der Waals surface area contributed by atoms with Crippen LogP contribution >= 0.6 is 0 Å². The third-order valence-electron chi connectivity index (χ3n) is 3.51. The molecule has 2 amide bonds. The first-order valence-corrected chi connectivity index (χ1v) is 7.79. The largest absolute Gasteiger partial charge is 0.433 e. The first kappa shape index (κ1) is 20.1. The number of alkyl halides is 3. The Morgan fingerprint density at radius 1 is 1.19 bits per heavy atom. The highest BCUT2D eigenvalue weighted by Gasteiger charge is 2.35. The number of halogens is 3. The molecule has 9 heteroatoms. The van der Waals surface area contributed by atoms with Gasteiger partial charge >= 0.3 is 6.18 Å². The van der Waals surface area contributed by atoms with Crippen molar-refractivity contribution < 1.29 is 22.8 Å². The number of carbonyl (C=O) groups excluding carboxylic acids is 2. The van der Waals surface area contributed by atoms with E-state index in [1.165, 1.54) is 26.0 Å². The van der Waals surface area contributed by atoms with Gasteiger partial charge in [0.25, 0.3) is 5.91 Å². The van der Waals surface area contributed by atoms with Gasteiger partial charge in [-0.15, -0.1) is 0 Å². The van der Waals surface area contributed by atoms with Crippen LogP contribution in [0.5, 0.6) is 0 Å². The van der Waals surface area contributed by atoms with Crippen LogP contribution in [0.3, 0.4) is 0 Å². The topological polar surface area (TPSA) is 84.0 Å². The van der Waals surface area contributed by atoms with Gasteiger partial charge in [0.2, 0.25) is 5.91 Å². The highest BCUT2D eigenvalue weighted by molar-refractivity contribution is 6.00. The Bertz CT molecular complexity index is 879. The van der Waals surface area contributed by atoms with Crippen LogP contribution in [-0.4, -0.2) is 21.8 Å². The lowest BCUT2D eigenvalue weighted by Crippen LogP contribution is -2.42. The molecule has 6 nitrogen and oxygen atoms in total. The number of amides is 2. The molecule has 0 spiro atoms.